The van der Waals surface area contributed by atoms with Crippen molar-refractivity contribution in [1.82, 2.24) is 9.78 Å². The molecule has 1 heterocycles. The van der Waals surface area contributed by atoms with E-state index in [9.17, 15) is 5.11 Å². The SMILES string of the molecule is C[C@@H](O)c1cnn(-c2ccccc2)c1. The van der Waals surface area contributed by atoms with Crippen LogP contribution in [0.2, 0.25) is 0 Å². The number of rotatable bonds is 2. The monoisotopic (exact) mass is 188 g/mol. The molecule has 0 amide bonds. The molecule has 0 aliphatic carbocycles. The summed E-state index contributed by atoms with van der Waals surface area (Å²) in [5.41, 5.74) is 1.83. The van der Waals surface area contributed by atoms with Crippen molar-refractivity contribution in [2.24, 2.45) is 0 Å². The first-order valence-electron chi connectivity index (χ1n) is 4.55. The van der Waals surface area contributed by atoms with Gasteiger partial charge in [-0.15, -0.1) is 0 Å². The Labute approximate surface area is 82.6 Å². The van der Waals surface area contributed by atoms with Gasteiger partial charge in [-0.25, -0.2) is 4.68 Å². The van der Waals surface area contributed by atoms with Crippen LogP contribution in [0.1, 0.15) is 18.6 Å². The van der Waals surface area contributed by atoms with Crippen molar-refractivity contribution >= 4 is 0 Å². The number of para-hydroxylation sites is 1. The number of nitrogens with zero attached hydrogens (tertiary/aromatic N) is 2. The summed E-state index contributed by atoms with van der Waals surface area (Å²) in [6, 6.07) is 9.82. The number of aromatic nitrogens is 2. The first kappa shape index (κ1) is 8.97. The highest BCUT2D eigenvalue weighted by Gasteiger charge is 2.04. The summed E-state index contributed by atoms with van der Waals surface area (Å²) in [5.74, 6) is 0. The Morgan fingerprint density at radius 3 is 2.57 bits per heavy atom. The van der Waals surface area contributed by atoms with E-state index in [4.69, 9.17) is 0 Å². The zero-order chi connectivity index (χ0) is 9.97. The van der Waals surface area contributed by atoms with Gasteiger partial charge in [0.15, 0.2) is 0 Å². The average molecular weight is 188 g/mol. The predicted molar refractivity (Wildman–Crippen MR) is 54.2 cm³/mol. The number of hydrogen-bond donors (Lipinski definition) is 1. The largest absolute Gasteiger partial charge is 0.389 e. The van der Waals surface area contributed by atoms with Crippen LogP contribution in [0, 0.1) is 0 Å². The van der Waals surface area contributed by atoms with Gasteiger partial charge in [0.1, 0.15) is 0 Å². The molecule has 0 aliphatic rings. The molecule has 72 valence electrons. The molecule has 1 aromatic heterocycles. The first-order chi connectivity index (χ1) is 6.77. The molecule has 2 rings (SSSR count). The topological polar surface area (TPSA) is 38.1 Å². The van der Waals surface area contributed by atoms with Gasteiger partial charge in [-0.1, -0.05) is 18.2 Å². The van der Waals surface area contributed by atoms with Crippen LogP contribution in [-0.4, -0.2) is 14.9 Å². The standard InChI is InChI=1S/C11H12N2O/c1-9(14)10-7-12-13(8-10)11-5-3-2-4-6-11/h2-9,14H,1H3/t9-/m1/s1. The molecule has 2 aromatic rings. The maximum absolute atomic E-state index is 9.33. The molecule has 14 heavy (non-hydrogen) atoms. The summed E-state index contributed by atoms with van der Waals surface area (Å²) >= 11 is 0. The van der Waals surface area contributed by atoms with E-state index in [1.54, 1.807) is 17.8 Å². The predicted octanol–water partition coefficient (Wildman–Crippen LogP) is 1.93. The fourth-order valence-electron chi connectivity index (χ4n) is 1.27. The van der Waals surface area contributed by atoms with E-state index in [1.807, 2.05) is 36.5 Å². The maximum Gasteiger partial charge on any atom is 0.0792 e. The van der Waals surface area contributed by atoms with Gasteiger partial charge >= 0.3 is 0 Å². The van der Waals surface area contributed by atoms with Crippen molar-refractivity contribution in [1.29, 1.82) is 0 Å². The molecule has 0 aliphatic heterocycles. The van der Waals surface area contributed by atoms with Crippen LogP contribution in [0.3, 0.4) is 0 Å². The van der Waals surface area contributed by atoms with Gasteiger partial charge in [-0.2, -0.15) is 5.10 Å². The third-order valence-electron chi connectivity index (χ3n) is 2.11. The van der Waals surface area contributed by atoms with Crippen LogP contribution >= 0.6 is 0 Å². The van der Waals surface area contributed by atoms with Gasteiger partial charge in [-0.3, -0.25) is 0 Å². The van der Waals surface area contributed by atoms with Crippen LogP contribution in [0.25, 0.3) is 5.69 Å². The van der Waals surface area contributed by atoms with E-state index < -0.39 is 6.10 Å². The molecule has 0 saturated heterocycles. The molecular formula is C11H12N2O. The van der Waals surface area contributed by atoms with Gasteiger partial charge in [0.05, 0.1) is 18.0 Å². The molecule has 0 spiro atoms. The minimum absolute atomic E-state index is 0.465. The highest BCUT2D eigenvalue weighted by molar-refractivity contribution is 5.31. The Morgan fingerprint density at radius 1 is 1.29 bits per heavy atom. The lowest BCUT2D eigenvalue weighted by Gasteiger charge is -2.00. The van der Waals surface area contributed by atoms with Crippen molar-refractivity contribution in [3.63, 3.8) is 0 Å². The Hall–Kier alpha value is -1.61. The third kappa shape index (κ3) is 1.67. The van der Waals surface area contributed by atoms with Crippen molar-refractivity contribution in [2.75, 3.05) is 0 Å². The lowest BCUT2D eigenvalue weighted by molar-refractivity contribution is 0.199. The van der Waals surface area contributed by atoms with Crippen LogP contribution in [0.5, 0.6) is 0 Å². The molecular weight excluding hydrogens is 176 g/mol. The zero-order valence-corrected chi connectivity index (χ0v) is 7.96. The molecule has 1 atom stereocenters. The van der Waals surface area contributed by atoms with Crippen LogP contribution in [0.15, 0.2) is 42.7 Å². The molecule has 3 nitrogen and oxygen atoms in total. The maximum atomic E-state index is 9.33. The van der Waals surface area contributed by atoms with Gasteiger partial charge in [-0.05, 0) is 19.1 Å². The second-order valence-electron chi connectivity index (χ2n) is 3.23. The van der Waals surface area contributed by atoms with E-state index in [1.165, 1.54) is 0 Å². The van der Waals surface area contributed by atoms with E-state index in [0.29, 0.717) is 0 Å². The minimum atomic E-state index is -0.465. The number of hydrogen-bond acceptors (Lipinski definition) is 2. The van der Waals surface area contributed by atoms with Gasteiger partial charge in [0.2, 0.25) is 0 Å². The lowest BCUT2D eigenvalue weighted by atomic mass is 10.2. The minimum Gasteiger partial charge on any atom is -0.389 e. The Kier molecular flexibility index (Phi) is 2.33. The average Bonchev–Trinajstić information content (AvgIpc) is 2.68. The molecule has 0 saturated carbocycles. The Morgan fingerprint density at radius 2 is 2.00 bits per heavy atom. The molecule has 3 heteroatoms. The van der Waals surface area contributed by atoms with E-state index in [-0.39, 0.29) is 0 Å². The van der Waals surface area contributed by atoms with Crippen LogP contribution in [-0.2, 0) is 0 Å². The molecule has 1 N–H and O–H groups in total. The highest BCUT2D eigenvalue weighted by Crippen LogP contribution is 2.13. The fourth-order valence-corrected chi connectivity index (χ4v) is 1.27. The highest BCUT2D eigenvalue weighted by atomic mass is 16.3. The van der Waals surface area contributed by atoms with E-state index in [0.717, 1.165) is 11.3 Å². The smallest absolute Gasteiger partial charge is 0.0792 e. The molecule has 0 fully saturated rings. The van der Waals surface area contributed by atoms with Crippen molar-refractivity contribution in [3.8, 4) is 5.69 Å². The lowest BCUT2D eigenvalue weighted by Crippen LogP contribution is -1.93. The van der Waals surface area contributed by atoms with Gasteiger partial charge in [0, 0.05) is 11.8 Å². The van der Waals surface area contributed by atoms with E-state index in [2.05, 4.69) is 5.10 Å². The number of aliphatic hydroxyl groups excluding tert-OH is 1. The first-order valence-corrected chi connectivity index (χ1v) is 4.55. The number of aliphatic hydroxyl groups is 1. The summed E-state index contributed by atoms with van der Waals surface area (Å²) < 4.78 is 1.75. The summed E-state index contributed by atoms with van der Waals surface area (Å²) in [4.78, 5) is 0. The zero-order valence-electron chi connectivity index (χ0n) is 7.96. The second-order valence-corrected chi connectivity index (χ2v) is 3.23. The summed E-state index contributed by atoms with van der Waals surface area (Å²) in [7, 11) is 0. The molecule has 1 aromatic carbocycles. The van der Waals surface area contributed by atoms with Crippen LogP contribution < -0.4 is 0 Å². The summed E-state index contributed by atoms with van der Waals surface area (Å²) in [6.07, 6.45) is 3.05. The third-order valence-corrected chi connectivity index (χ3v) is 2.11. The Bertz CT molecular complexity index is 406. The molecule has 0 unspecified atom stereocenters. The second kappa shape index (κ2) is 3.64. The number of benzene rings is 1. The fraction of sp³-hybridized carbons (Fsp3) is 0.182. The summed E-state index contributed by atoms with van der Waals surface area (Å²) in [6.45, 7) is 1.73. The van der Waals surface area contributed by atoms with Gasteiger partial charge in [0.25, 0.3) is 0 Å². The Balaban J connectivity index is 2.34. The van der Waals surface area contributed by atoms with Gasteiger partial charge < -0.3 is 5.11 Å². The van der Waals surface area contributed by atoms with Crippen molar-refractivity contribution in [2.45, 2.75) is 13.0 Å². The quantitative estimate of drug-likeness (QED) is 0.782. The van der Waals surface area contributed by atoms with Crippen LogP contribution in [0.4, 0.5) is 0 Å². The summed E-state index contributed by atoms with van der Waals surface area (Å²) in [5, 5.41) is 13.5. The normalized spacial score (nSPS) is 12.7. The molecule has 0 bridgehead atoms. The van der Waals surface area contributed by atoms with Crippen molar-refractivity contribution in [3.05, 3.63) is 48.3 Å². The van der Waals surface area contributed by atoms with E-state index >= 15 is 0 Å². The molecule has 0 radical (unpaired) electrons. The van der Waals surface area contributed by atoms with Crippen molar-refractivity contribution < 1.29 is 5.11 Å².